The zero-order valence-electron chi connectivity index (χ0n) is 41.2. The lowest BCUT2D eigenvalue weighted by molar-refractivity contribution is -0.870. The number of aliphatic carboxylic acids is 1. The van der Waals surface area contributed by atoms with E-state index < -0.39 is 5.97 Å². The molecule has 3 aromatic rings. The van der Waals surface area contributed by atoms with Crippen molar-refractivity contribution >= 4 is 17.2 Å². The molecule has 5 rings (SSSR count). The van der Waals surface area contributed by atoms with E-state index in [1.165, 1.54) is 75.3 Å². The predicted octanol–water partition coefficient (Wildman–Crippen LogP) is 13.4. The largest absolute Gasteiger partial charge is 0.481 e. The molecule has 0 bridgehead atoms. The molecule has 5 nitrogen and oxygen atoms in total. The van der Waals surface area contributed by atoms with Gasteiger partial charge in [-0.3, -0.25) is 4.79 Å². The first-order valence-electron chi connectivity index (χ1n) is 23.6. The number of hydrogen-bond donors (Lipinski definition) is 1. The van der Waals surface area contributed by atoms with Gasteiger partial charge in [-0.05, 0) is 108 Å². The second kappa shape index (κ2) is 22.3. The Balaban J connectivity index is 0.000000959. The fourth-order valence-corrected chi connectivity index (χ4v) is 9.07. The van der Waals surface area contributed by atoms with E-state index in [0.29, 0.717) is 6.42 Å². The zero-order chi connectivity index (χ0) is 45.7. The van der Waals surface area contributed by atoms with Gasteiger partial charge in [-0.2, -0.15) is 0 Å². The predicted molar refractivity (Wildman–Crippen MR) is 268 cm³/mol. The summed E-state index contributed by atoms with van der Waals surface area (Å²) < 4.78 is 2.06. The van der Waals surface area contributed by atoms with Gasteiger partial charge in [0.15, 0.2) is 0 Å². The highest BCUT2D eigenvalue weighted by atomic mass is 16.4. The van der Waals surface area contributed by atoms with E-state index in [2.05, 4.69) is 199 Å². The molecular weight excluding hydrogens is 759 g/mol. The summed E-state index contributed by atoms with van der Waals surface area (Å²) in [5, 5.41) is 9.31. The monoisotopic (exact) mass is 842 g/mol. The first-order chi connectivity index (χ1) is 29.2. The Morgan fingerprint density at radius 2 is 1.47 bits per heavy atom. The van der Waals surface area contributed by atoms with Crippen LogP contribution in [0, 0.1) is 6.92 Å². The lowest BCUT2D eigenvalue weighted by Gasteiger charge is -2.30. The third-order valence-electron chi connectivity index (χ3n) is 12.7. The maximum atomic E-state index is 11.3. The topological polar surface area (TPSA) is 40.5 Å². The molecule has 0 saturated heterocycles. The van der Waals surface area contributed by atoms with Gasteiger partial charge in [0.05, 0.1) is 55.4 Å². The summed E-state index contributed by atoms with van der Waals surface area (Å²) in [6.07, 6.45) is 21.8. The van der Waals surface area contributed by atoms with Crippen LogP contribution >= 0.6 is 0 Å². The average Bonchev–Trinajstić information content (AvgIpc) is 3.42. The number of quaternary nitrogens is 2. The molecule has 3 aromatic carbocycles. The molecule has 0 fully saturated rings. The van der Waals surface area contributed by atoms with E-state index in [1.807, 2.05) is 0 Å². The summed E-state index contributed by atoms with van der Waals surface area (Å²) in [5.41, 5.74) is 14.2. The van der Waals surface area contributed by atoms with Crippen molar-refractivity contribution in [3.63, 3.8) is 0 Å². The average molecular weight is 842 g/mol. The highest BCUT2D eigenvalue weighted by Gasteiger charge is 2.39. The fourth-order valence-electron chi connectivity index (χ4n) is 9.07. The van der Waals surface area contributed by atoms with Crippen molar-refractivity contribution in [3.05, 3.63) is 153 Å². The van der Waals surface area contributed by atoms with Crippen LogP contribution < -0.4 is 4.90 Å². The summed E-state index contributed by atoms with van der Waals surface area (Å²) in [7, 11) is 13.5. The molecule has 1 aliphatic carbocycles. The number of benzene rings is 3. The van der Waals surface area contributed by atoms with Crippen LogP contribution in [0.15, 0.2) is 126 Å². The molecule has 0 amide bonds. The van der Waals surface area contributed by atoms with Gasteiger partial charge in [0.1, 0.15) is 0 Å². The highest BCUT2D eigenvalue weighted by molar-refractivity contribution is 5.85. The van der Waals surface area contributed by atoms with Crippen LogP contribution in [-0.2, 0) is 22.0 Å². The number of carboxylic acids is 1. The second-order valence-electron chi connectivity index (χ2n) is 20.8. The standard InChI is InChI=1S/C50H64N2O2.C7H18N/c1-10-11-21-42(49(3,4)43-22-13-12-18-37(43)2)32-30-39-19-16-20-40(48(39)41-28-25-38(26-29-41)27-34-47(53)54)31-33-46-50(5,6)44-23-14-15-24-45(44)51(46)35-17-36-52(7,8)9;1-5-6-7-8(2,3)4/h12-15,18,21-26,28-33H,10-11,16-17,19-20,27,34-36H2,1-9H3;5-7H2,1-4H3/q;+1/p+1/b32-30+,40-31+,42-21+,46-33+;. The van der Waals surface area contributed by atoms with Gasteiger partial charge in [0.2, 0.25) is 0 Å². The SMILES string of the molecule is CCC/C=C(\C=C\C1=C(c2ccc(CCC(=O)O)cc2)C(=C/C=C2/N(CCC[N+](C)(C)C)c3ccccc3C2(C)C)/CCC1)C(C)(C)c1ccccc1C.CCCC[N+](C)(C)C. The number of nitrogens with zero attached hydrogens (tertiary/aromatic N) is 3. The molecule has 1 heterocycles. The molecule has 62 heavy (non-hydrogen) atoms. The third-order valence-corrected chi connectivity index (χ3v) is 12.7. The zero-order valence-corrected chi connectivity index (χ0v) is 41.2. The minimum absolute atomic E-state index is 0.114. The van der Waals surface area contributed by atoms with Crippen molar-refractivity contribution in [2.24, 2.45) is 0 Å². The van der Waals surface area contributed by atoms with Gasteiger partial charge in [-0.15, -0.1) is 0 Å². The number of rotatable bonds is 18. The van der Waals surface area contributed by atoms with E-state index >= 15 is 0 Å². The van der Waals surface area contributed by atoms with Gasteiger partial charge >= 0.3 is 5.97 Å². The first kappa shape index (κ1) is 50.2. The van der Waals surface area contributed by atoms with Crippen molar-refractivity contribution in [3.8, 4) is 0 Å². The minimum Gasteiger partial charge on any atom is -0.481 e. The maximum Gasteiger partial charge on any atom is 0.303 e. The number of allylic oxidation sites excluding steroid dienone is 10. The number of aryl methyl sites for hydroxylation is 2. The van der Waals surface area contributed by atoms with Crippen LogP contribution in [0.5, 0.6) is 0 Å². The number of carbonyl (C=O) groups is 1. The molecule has 1 N–H and O–H groups in total. The summed E-state index contributed by atoms with van der Waals surface area (Å²) in [6.45, 7) is 19.6. The molecule has 1 aliphatic heterocycles. The fraction of sp³-hybridized carbons (Fsp3) is 0.491. The number of unbranched alkanes of at least 4 members (excludes halogenated alkanes) is 2. The quantitative estimate of drug-likeness (QED) is 0.102. The number of anilines is 1. The van der Waals surface area contributed by atoms with Crippen LogP contribution in [0.2, 0.25) is 0 Å². The van der Waals surface area contributed by atoms with Crippen molar-refractivity contribution in [1.82, 2.24) is 0 Å². The minimum atomic E-state index is -0.760. The summed E-state index contributed by atoms with van der Waals surface area (Å²) in [4.78, 5) is 13.9. The molecule has 0 radical (unpaired) electrons. The Bertz CT molecular complexity index is 2090. The van der Waals surface area contributed by atoms with Gasteiger partial charge in [-0.25, -0.2) is 0 Å². The molecule has 0 spiro atoms. The molecule has 2 aliphatic rings. The Kier molecular flexibility index (Phi) is 18.0. The number of carboxylic acid groups (broad SMARTS) is 1. The number of hydrogen-bond acceptors (Lipinski definition) is 2. The van der Waals surface area contributed by atoms with Crippen LogP contribution in [0.25, 0.3) is 5.57 Å². The first-order valence-corrected chi connectivity index (χ1v) is 23.6. The van der Waals surface area contributed by atoms with E-state index in [4.69, 9.17) is 0 Å². The van der Waals surface area contributed by atoms with Crippen LogP contribution in [0.1, 0.15) is 127 Å². The summed E-state index contributed by atoms with van der Waals surface area (Å²) in [6, 6.07) is 26.4. The second-order valence-corrected chi connectivity index (χ2v) is 20.8. The van der Waals surface area contributed by atoms with Crippen molar-refractivity contribution in [2.75, 3.05) is 66.8 Å². The Hall–Kier alpha value is -4.45. The summed E-state index contributed by atoms with van der Waals surface area (Å²) in [5.74, 6) is -0.760. The van der Waals surface area contributed by atoms with Crippen molar-refractivity contribution in [2.45, 2.75) is 124 Å². The molecular formula is C57H83N3O2+2. The lowest BCUT2D eigenvalue weighted by atomic mass is 9.74. The van der Waals surface area contributed by atoms with E-state index in [-0.39, 0.29) is 17.3 Å². The highest BCUT2D eigenvalue weighted by Crippen LogP contribution is 2.48. The van der Waals surface area contributed by atoms with Gasteiger partial charge < -0.3 is 19.0 Å². The van der Waals surface area contributed by atoms with E-state index in [1.54, 1.807) is 0 Å². The normalized spacial score (nSPS) is 17.2. The van der Waals surface area contributed by atoms with E-state index in [9.17, 15) is 9.90 Å². The van der Waals surface area contributed by atoms with Crippen LogP contribution in [0.4, 0.5) is 5.69 Å². The molecule has 336 valence electrons. The lowest BCUT2D eigenvalue weighted by Crippen LogP contribution is -2.37. The van der Waals surface area contributed by atoms with Crippen LogP contribution in [0.3, 0.4) is 0 Å². The summed E-state index contributed by atoms with van der Waals surface area (Å²) >= 11 is 0. The molecule has 5 heteroatoms. The molecule has 0 unspecified atom stereocenters. The van der Waals surface area contributed by atoms with E-state index in [0.717, 1.165) is 66.1 Å². The Labute approximate surface area is 378 Å². The molecule has 0 saturated carbocycles. The number of fused-ring (bicyclic) bond motifs is 1. The molecule has 0 aromatic heterocycles. The van der Waals surface area contributed by atoms with Crippen LogP contribution in [-0.4, -0.2) is 82.0 Å². The number of para-hydroxylation sites is 1. The van der Waals surface area contributed by atoms with Gasteiger partial charge in [0, 0.05) is 41.6 Å². The Morgan fingerprint density at radius 1 is 0.823 bits per heavy atom. The Morgan fingerprint density at radius 3 is 2.08 bits per heavy atom. The molecule has 0 atom stereocenters. The van der Waals surface area contributed by atoms with Crippen molar-refractivity contribution in [1.29, 1.82) is 0 Å². The van der Waals surface area contributed by atoms with Crippen molar-refractivity contribution < 1.29 is 18.9 Å². The maximum absolute atomic E-state index is 11.3. The smallest absolute Gasteiger partial charge is 0.303 e. The van der Waals surface area contributed by atoms with Gasteiger partial charge in [0.25, 0.3) is 0 Å². The van der Waals surface area contributed by atoms with Gasteiger partial charge in [-0.1, -0.05) is 145 Å². The third kappa shape index (κ3) is 14.0.